The topological polar surface area (TPSA) is 60.4 Å². The van der Waals surface area contributed by atoms with E-state index in [0.29, 0.717) is 0 Å². The van der Waals surface area contributed by atoms with Crippen LogP contribution in [-0.4, -0.2) is 17.7 Å². The van der Waals surface area contributed by atoms with Gasteiger partial charge < -0.3 is 4.74 Å². The molecule has 0 heterocycles. The number of esters is 2. The van der Waals surface area contributed by atoms with Crippen molar-refractivity contribution in [3.05, 3.63) is 35.9 Å². The molecule has 0 spiro atoms. The van der Waals surface area contributed by atoms with Gasteiger partial charge in [0.05, 0.1) is 5.56 Å². The molecule has 82 valence electrons. The van der Waals surface area contributed by atoms with Gasteiger partial charge in [0, 0.05) is 23.4 Å². The Morgan fingerprint density at radius 1 is 1.07 bits per heavy atom. The van der Waals surface area contributed by atoms with Crippen molar-refractivity contribution in [1.29, 1.82) is 0 Å². The van der Waals surface area contributed by atoms with Crippen molar-refractivity contribution in [2.24, 2.45) is 0 Å². The molecule has 0 amide bonds. The predicted molar refractivity (Wildman–Crippen MR) is 47.5 cm³/mol. The second-order valence-corrected chi connectivity index (χ2v) is 2.60. The number of rotatable bonds is 2. The van der Waals surface area contributed by atoms with Crippen molar-refractivity contribution in [2.45, 2.75) is 6.92 Å². The molecule has 0 radical (unpaired) electrons. The van der Waals surface area contributed by atoms with Crippen LogP contribution in [0.4, 0.5) is 0 Å². The van der Waals surface area contributed by atoms with Crippen molar-refractivity contribution >= 4 is 17.7 Å². The van der Waals surface area contributed by atoms with E-state index in [1.165, 1.54) is 12.1 Å². The standard InChI is InChI=1S/C10H8O4.Ni/c1-7(11)9(12)14-10(13)8-5-3-2-4-6-8;/h2-6H,1H3;. The number of Topliss-reactive ketones (excluding diaryl/α,β-unsaturated/α-hetero) is 1. The average molecular weight is 251 g/mol. The normalized spacial score (nSPS) is 8.60. The van der Waals surface area contributed by atoms with Crippen LogP contribution in [0.1, 0.15) is 17.3 Å². The van der Waals surface area contributed by atoms with Gasteiger partial charge in [0.1, 0.15) is 0 Å². The van der Waals surface area contributed by atoms with E-state index >= 15 is 0 Å². The van der Waals surface area contributed by atoms with E-state index in [2.05, 4.69) is 4.74 Å². The molecule has 0 bridgehead atoms. The molecule has 0 aliphatic heterocycles. The SMILES string of the molecule is CC(=O)C(=O)OC(=O)c1ccccc1.[Ni]. The summed E-state index contributed by atoms with van der Waals surface area (Å²) in [6.45, 7) is 1.04. The first kappa shape index (κ1) is 13.5. The van der Waals surface area contributed by atoms with Crippen LogP contribution in [0.5, 0.6) is 0 Å². The fourth-order valence-electron chi connectivity index (χ4n) is 0.789. The minimum atomic E-state index is -1.14. The van der Waals surface area contributed by atoms with E-state index in [4.69, 9.17) is 0 Å². The first-order valence-electron chi connectivity index (χ1n) is 3.93. The number of benzene rings is 1. The largest absolute Gasteiger partial charge is 0.384 e. The zero-order valence-electron chi connectivity index (χ0n) is 7.84. The molecule has 15 heavy (non-hydrogen) atoms. The monoisotopic (exact) mass is 250 g/mol. The molecule has 1 rings (SSSR count). The molecule has 1 aromatic carbocycles. The summed E-state index contributed by atoms with van der Waals surface area (Å²) >= 11 is 0. The predicted octanol–water partition coefficient (Wildman–Crippen LogP) is 0.957. The van der Waals surface area contributed by atoms with Gasteiger partial charge in [-0.1, -0.05) is 18.2 Å². The molecule has 0 unspecified atom stereocenters. The molecule has 0 aliphatic carbocycles. The van der Waals surface area contributed by atoms with Crippen molar-refractivity contribution in [3.63, 3.8) is 0 Å². The van der Waals surface area contributed by atoms with Crippen LogP contribution >= 0.6 is 0 Å². The number of carbonyl (C=O) groups is 3. The fraction of sp³-hybridized carbons (Fsp3) is 0.100. The van der Waals surface area contributed by atoms with Crippen LogP contribution in [-0.2, 0) is 30.8 Å². The molecule has 5 heteroatoms. The van der Waals surface area contributed by atoms with Gasteiger partial charge in [-0.15, -0.1) is 0 Å². The Labute approximate surface area is 96.5 Å². The van der Waals surface area contributed by atoms with Crippen molar-refractivity contribution < 1.29 is 35.6 Å². The van der Waals surface area contributed by atoms with Crippen LogP contribution in [0.2, 0.25) is 0 Å². The van der Waals surface area contributed by atoms with E-state index in [1.54, 1.807) is 18.2 Å². The second-order valence-electron chi connectivity index (χ2n) is 2.60. The van der Waals surface area contributed by atoms with Gasteiger partial charge in [-0.25, -0.2) is 9.59 Å². The maximum atomic E-state index is 11.2. The molecular formula is C10H8NiO4. The van der Waals surface area contributed by atoms with Crippen LogP contribution in [0.15, 0.2) is 30.3 Å². The summed E-state index contributed by atoms with van der Waals surface area (Å²) in [5.74, 6) is -2.75. The zero-order valence-corrected chi connectivity index (χ0v) is 8.82. The number of hydrogen-bond acceptors (Lipinski definition) is 4. The molecule has 4 nitrogen and oxygen atoms in total. The quantitative estimate of drug-likeness (QED) is 0.340. The smallest absolute Gasteiger partial charge is 0.382 e. The summed E-state index contributed by atoms with van der Waals surface area (Å²) < 4.78 is 4.27. The Kier molecular flexibility index (Phi) is 5.49. The van der Waals surface area contributed by atoms with E-state index in [0.717, 1.165) is 6.92 Å². The Balaban J connectivity index is 0.00000196. The van der Waals surface area contributed by atoms with Gasteiger partial charge >= 0.3 is 11.9 Å². The van der Waals surface area contributed by atoms with Gasteiger partial charge in [0.25, 0.3) is 0 Å². The minimum Gasteiger partial charge on any atom is -0.384 e. The average Bonchev–Trinajstić information content (AvgIpc) is 2.19. The van der Waals surface area contributed by atoms with E-state index in [9.17, 15) is 14.4 Å². The van der Waals surface area contributed by atoms with Gasteiger partial charge in [-0.05, 0) is 12.1 Å². The Bertz CT molecular complexity index is 372. The molecule has 0 saturated heterocycles. The fourth-order valence-corrected chi connectivity index (χ4v) is 0.789. The third-order valence-corrected chi connectivity index (χ3v) is 1.48. The first-order valence-corrected chi connectivity index (χ1v) is 3.93. The number of ketones is 1. The van der Waals surface area contributed by atoms with Crippen LogP contribution in [0, 0.1) is 0 Å². The van der Waals surface area contributed by atoms with Crippen molar-refractivity contribution in [1.82, 2.24) is 0 Å². The molecule has 0 atom stereocenters. The van der Waals surface area contributed by atoms with Gasteiger partial charge in [-0.3, -0.25) is 4.79 Å². The molecular weight excluding hydrogens is 243 g/mol. The zero-order chi connectivity index (χ0) is 10.6. The number of ether oxygens (including phenoxy) is 1. The Morgan fingerprint density at radius 3 is 2.07 bits per heavy atom. The van der Waals surface area contributed by atoms with Gasteiger partial charge in [-0.2, -0.15) is 0 Å². The summed E-state index contributed by atoms with van der Waals surface area (Å²) in [6.07, 6.45) is 0. The van der Waals surface area contributed by atoms with Crippen LogP contribution in [0.25, 0.3) is 0 Å². The van der Waals surface area contributed by atoms with E-state index in [1.807, 2.05) is 0 Å². The van der Waals surface area contributed by atoms with Gasteiger partial charge in [0.2, 0.25) is 5.78 Å². The Hall–Kier alpha value is -1.48. The molecule has 1 aromatic rings. The summed E-state index contributed by atoms with van der Waals surface area (Å²) in [6, 6.07) is 7.98. The number of carbonyl (C=O) groups excluding carboxylic acids is 3. The molecule has 0 fully saturated rings. The van der Waals surface area contributed by atoms with Gasteiger partial charge in [0.15, 0.2) is 0 Å². The third-order valence-electron chi connectivity index (χ3n) is 1.48. The van der Waals surface area contributed by atoms with Crippen molar-refractivity contribution in [2.75, 3.05) is 0 Å². The number of hydrogen-bond donors (Lipinski definition) is 0. The first-order chi connectivity index (χ1) is 6.61. The third kappa shape index (κ3) is 4.04. The van der Waals surface area contributed by atoms with E-state index in [-0.39, 0.29) is 22.1 Å². The summed E-state index contributed by atoms with van der Waals surface area (Å²) in [7, 11) is 0. The molecule has 0 N–H and O–H groups in total. The second kappa shape index (κ2) is 6.09. The molecule has 0 saturated carbocycles. The maximum Gasteiger partial charge on any atom is 0.382 e. The summed E-state index contributed by atoms with van der Waals surface area (Å²) in [5, 5.41) is 0. The Morgan fingerprint density at radius 2 is 1.60 bits per heavy atom. The van der Waals surface area contributed by atoms with Crippen LogP contribution in [0.3, 0.4) is 0 Å². The molecule has 0 aromatic heterocycles. The minimum absolute atomic E-state index is 0. The summed E-state index contributed by atoms with van der Waals surface area (Å²) in [4.78, 5) is 32.4. The maximum absolute atomic E-state index is 11.2. The summed E-state index contributed by atoms with van der Waals surface area (Å²) in [5.41, 5.74) is 0.238. The van der Waals surface area contributed by atoms with E-state index < -0.39 is 17.7 Å². The molecule has 0 aliphatic rings. The van der Waals surface area contributed by atoms with Crippen molar-refractivity contribution in [3.8, 4) is 0 Å². The van der Waals surface area contributed by atoms with Crippen LogP contribution < -0.4 is 0 Å².